The third kappa shape index (κ3) is 10.3. The summed E-state index contributed by atoms with van der Waals surface area (Å²) in [6, 6.07) is 6.22. The van der Waals surface area contributed by atoms with Crippen LogP contribution in [0.3, 0.4) is 0 Å². The highest BCUT2D eigenvalue weighted by Crippen LogP contribution is 2.40. The normalized spacial score (nSPS) is 16.0. The van der Waals surface area contributed by atoms with Crippen molar-refractivity contribution in [2.24, 2.45) is 4.99 Å². The van der Waals surface area contributed by atoms with Crippen molar-refractivity contribution >= 4 is 18.1 Å². The van der Waals surface area contributed by atoms with Gasteiger partial charge in [-0.3, -0.25) is 5.32 Å². The molecule has 1 aliphatic rings. The second-order valence-corrected chi connectivity index (χ2v) is 13.0. The Morgan fingerprint density at radius 1 is 0.939 bits per heavy atom. The van der Waals surface area contributed by atoms with Crippen LogP contribution in [0.15, 0.2) is 52.0 Å². The molecule has 0 saturated carbocycles. The van der Waals surface area contributed by atoms with Crippen LogP contribution in [-0.4, -0.2) is 50.9 Å². The number of amides is 2. The predicted octanol–water partition coefficient (Wildman–Crippen LogP) is 8.31. The maximum atomic E-state index is 14.1. The van der Waals surface area contributed by atoms with Crippen molar-refractivity contribution in [1.82, 2.24) is 20.4 Å². The van der Waals surface area contributed by atoms with E-state index in [9.17, 15) is 35.9 Å². The van der Waals surface area contributed by atoms with Crippen LogP contribution in [0, 0.1) is 0 Å². The monoisotopic (exact) mass is 699 g/mol. The summed E-state index contributed by atoms with van der Waals surface area (Å²) in [4.78, 5) is 35.1. The molecule has 17 heteroatoms. The minimum absolute atomic E-state index is 0.0217. The smallest absolute Gasteiger partial charge is 0.437 e. The Bertz CT molecular complexity index is 1670. The number of aliphatic imine (C=N–C) groups is 1. The lowest BCUT2D eigenvalue weighted by molar-refractivity contribution is -0.139. The van der Waals surface area contributed by atoms with Crippen LogP contribution in [-0.2, 0) is 28.4 Å². The molecule has 1 aromatic heterocycles. The first-order valence-corrected chi connectivity index (χ1v) is 15.0. The number of benzene rings is 2. The highest BCUT2D eigenvalue weighted by Gasteiger charge is 2.37. The van der Waals surface area contributed by atoms with Gasteiger partial charge in [-0.05, 0) is 90.3 Å². The lowest BCUT2D eigenvalue weighted by atomic mass is 10.1. The molecule has 2 heterocycles. The standard InChI is InChI=1S/C32H35F6N5O6/c1-29(2,3)47-27(44)40-26(41-28(45)48-30(4,5)6)43-15-7-8-22(43)25-39-24(42-49-25)19-11-14-23(21(16-19)32(36,37)38)46-17-18-9-12-20(13-10-18)31(33,34)35/h9-14,16,22H,7-8,15,17H2,1-6H3,(H,40,41,44,45)/t22-/m0/s1. The fraction of sp³-hybridized carbons (Fsp3) is 0.469. The van der Waals surface area contributed by atoms with Gasteiger partial charge in [0.05, 0.1) is 11.1 Å². The molecule has 2 amide bonds. The van der Waals surface area contributed by atoms with Gasteiger partial charge in [0.25, 0.3) is 0 Å². The van der Waals surface area contributed by atoms with Crippen LogP contribution in [0.2, 0.25) is 0 Å². The average molecular weight is 700 g/mol. The molecule has 0 unspecified atom stereocenters. The summed E-state index contributed by atoms with van der Waals surface area (Å²) in [6.07, 6.45) is -10.4. The molecule has 1 atom stereocenters. The van der Waals surface area contributed by atoms with Gasteiger partial charge in [-0.2, -0.15) is 31.3 Å². The Balaban J connectivity index is 1.58. The lowest BCUT2D eigenvalue weighted by Gasteiger charge is -2.27. The fourth-order valence-corrected chi connectivity index (χ4v) is 4.66. The number of aromatic nitrogens is 2. The second-order valence-electron chi connectivity index (χ2n) is 13.0. The van der Waals surface area contributed by atoms with Crippen molar-refractivity contribution in [2.45, 2.75) is 90.6 Å². The average Bonchev–Trinajstić information content (AvgIpc) is 3.63. The molecule has 1 saturated heterocycles. The van der Waals surface area contributed by atoms with Crippen molar-refractivity contribution < 1.29 is 54.7 Å². The molecule has 4 rings (SSSR count). The van der Waals surface area contributed by atoms with Gasteiger partial charge in [0.1, 0.15) is 29.6 Å². The molecule has 3 aromatic rings. The topological polar surface area (TPSA) is 128 Å². The van der Waals surface area contributed by atoms with E-state index < -0.39 is 65.3 Å². The number of ether oxygens (including phenoxy) is 3. The van der Waals surface area contributed by atoms with Gasteiger partial charge in [-0.15, -0.1) is 4.99 Å². The SMILES string of the molecule is CC(C)(C)OC(=O)/N=C(\NC(=O)OC(C)(C)C)N1CCC[C@H]1c1nc(-c2ccc(OCc3ccc(C(F)(F)F)cc3)c(C(F)(F)F)c2)no1. The highest BCUT2D eigenvalue weighted by atomic mass is 19.4. The van der Waals surface area contributed by atoms with E-state index in [2.05, 4.69) is 20.4 Å². The Hall–Kier alpha value is -4.83. The first-order chi connectivity index (χ1) is 22.6. The summed E-state index contributed by atoms with van der Waals surface area (Å²) in [5, 5.41) is 6.33. The number of halogens is 6. The number of guanidine groups is 1. The third-order valence-electron chi connectivity index (χ3n) is 6.67. The van der Waals surface area contributed by atoms with Crippen molar-refractivity contribution in [3.63, 3.8) is 0 Å². The van der Waals surface area contributed by atoms with Gasteiger partial charge in [0.2, 0.25) is 17.7 Å². The second kappa shape index (κ2) is 14.0. The van der Waals surface area contributed by atoms with E-state index in [-0.39, 0.29) is 35.3 Å². The molecule has 266 valence electrons. The molecule has 11 nitrogen and oxygen atoms in total. The van der Waals surface area contributed by atoms with E-state index >= 15 is 0 Å². The van der Waals surface area contributed by atoms with Crippen LogP contribution < -0.4 is 10.1 Å². The lowest BCUT2D eigenvalue weighted by Crippen LogP contribution is -2.46. The zero-order valence-electron chi connectivity index (χ0n) is 27.5. The first kappa shape index (κ1) is 37.0. The summed E-state index contributed by atoms with van der Waals surface area (Å²) in [5.74, 6) is -0.975. The summed E-state index contributed by atoms with van der Waals surface area (Å²) in [5.41, 5.74) is -3.66. The van der Waals surface area contributed by atoms with Gasteiger partial charge in [-0.1, -0.05) is 17.3 Å². The summed E-state index contributed by atoms with van der Waals surface area (Å²) in [6.45, 7) is 9.73. The molecular formula is C32H35F6N5O6. The number of likely N-dealkylation sites (tertiary alicyclic amines) is 1. The van der Waals surface area contributed by atoms with Crippen LogP contribution in [0.1, 0.15) is 83.0 Å². The summed E-state index contributed by atoms with van der Waals surface area (Å²) >= 11 is 0. The number of alkyl carbamates (subject to hydrolysis) is 1. The molecule has 0 aliphatic carbocycles. The Kier molecular flexibility index (Phi) is 10.5. The van der Waals surface area contributed by atoms with Crippen LogP contribution in [0.25, 0.3) is 11.4 Å². The van der Waals surface area contributed by atoms with Crippen molar-refractivity contribution in [2.75, 3.05) is 6.54 Å². The van der Waals surface area contributed by atoms with Gasteiger partial charge >= 0.3 is 24.5 Å². The minimum Gasteiger partial charge on any atom is -0.488 e. The fourth-order valence-electron chi connectivity index (χ4n) is 4.66. The molecule has 1 N–H and O–H groups in total. The van der Waals surface area contributed by atoms with Crippen molar-refractivity contribution in [3.8, 4) is 17.1 Å². The number of hydrogen-bond acceptors (Lipinski definition) is 8. The first-order valence-electron chi connectivity index (χ1n) is 15.0. The van der Waals surface area contributed by atoms with Gasteiger partial charge in [0.15, 0.2) is 0 Å². The van der Waals surface area contributed by atoms with Gasteiger partial charge in [0, 0.05) is 12.1 Å². The van der Waals surface area contributed by atoms with Crippen LogP contribution in [0.5, 0.6) is 5.75 Å². The highest BCUT2D eigenvalue weighted by molar-refractivity contribution is 5.99. The van der Waals surface area contributed by atoms with Gasteiger partial charge in [-0.25, -0.2) is 9.59 Å². The zero-order valence-corrected chi connectivity index (χ0v) is 27.5. The molecule has 1 fully saturated rings. The Morgan fingerprint density at radius 3 is 2.18 bits per heavy atom. The number of hydrogen-bond donors (Lipinski definition) is 1. The number of nitrogens with one attached hydrogen (secondary N) is 1. The largest absolute Gasteiger partial charge is 0.488 e. The van der Waals surface area contributed by atoms with E-state index in [4.69, 9.17) is 18.7 Å². The zero-order chi connectivity index (χ0) is 36.4. The predicted molar refractivity (Wildman–Crippen MR) is 162 cm³/mol. The molecule has 0 bridgehead atoms. The van der Waals surface area contributed by atoms with Crippen LogP contribution >= 0.6 is 0 Å². The van der Waals surface area contributed by atoms with Crippen molar-refractivity contribution in [1.29, 1.82) is 0 Å². The van der Waals surface area contributed by atoms with Crippen molar-refractivity contribution in [3.05, 3.63) is 65.0 Å². The molecular weight excluding hydrogens is 664 g/mol. The maximum Gasteiger partial charge on any atom is 0.437 e. The van der Waals surface area contributed by atoms with E-state index in [1.165, 1.54) is 11.0 Å². The van der Waals surface area contributed by atoms with Crippen LogP contribution in [0.4, 0.5) is 35.9 Å². The van der Waals surface area contributed by atoms with E-state index in [1.54, 1.807) is 41.5 Å². The Labute approximate surface area is 277 Å². The molecule has 0 spiro atoms. The number of alkyl halides is 6. The van der Waals surface area contributed by atoms with Gasteiger partial charge < -0.3 is 23.6 Å². The minimum atomic E-state index is -4.87. The quantitative estimate of drug-likeness (QED) is 0.159. The molecule has 2 aromatic carbocycles. The number of carbonyl (C=O) groups excluding carboxylic acids is 2. The van der Waals surface area contributed by atoms with E-state index in [0.29, 0.717) is 12.8 Å². The van der Waals surface area contributed by atoms with E-state index in [0.717, 1.165) is 36.4 Å². The Morgan fingerprint density at radius 2 is 1.59 bits per heavy atom. The maximum absolute atomic E-state index is 14.1. The molecule has 1 aliphatic heterocycles. The van der Waals surface area contributed by atoms with E-state index in [1.807, 2.05) is 0 Å². The number of carbonyl (C=O) groups is 2. The third-order valence-corrected chi connectivity index (χ3v) is 6.67. The number of nitrogens with zero attached hydrogens (tertiary/aromatic N) is 4. The molecule has 0 radical (unpaired) electrons. The summed E-state index contributed by atoms with van der Waals surface area (Å²) in [7, 11) is 0. The number of rotatable bonds is 5. The molecule has 49 heavy (non-hydrogen) atoms. The summed E-state index contributed by atoms with van der Waals surface area (Å²) < 4.78 is 102.